The van der Waals surface area contributed by atoms with E-state index in [-0.39, 0.29) is 30.9 Å². The molecule has 7 heteroatoms. The predicted molar refractivity (Wildman–Crippen MR) is 58.8 cm³/mol. The van der Waals surface area contributed by atoms with Gasteiger partial charge in [-0.1, -0.05) is 0 Å². The first-order chi connectivity index (χ1) is 8.90. The topological polar surface area (TPSA) is 35.5 Å². The van der Waals surface area contributed by atoms with E-state index in [2.05, 4.69) is 4.74 Å². The normalized spacial score (nSPS) is 11.4. The molecule has 0 saturated heterocycles. The largest absolute Gasteiger partial charge is 0.493 e. The number of ether oxygens (including phenoxy) is 2. The minimum atomic E-state index is -4.34. The molecule has 1 aromatic rings. The summed E-state index contributed by atoms with van der Waals surface area (Å²) >= 11 is 0. The Balaban J connectivity index is 2.26. The molecule has 1 rings (SSSR count). The van der Waals surface area contributed by atoms with Gasteiger partial charge in [0.25, 0.3) is 0 Å². The third-order valence-electron chi connectivity index (χ3n) is 2.00. The Kier molecular flexibility index (Phi) is 5.75. The molecule has 0 saturated carbocycles. The summed E-state index contributed by atoms with van der Waals surface area (Å²) in [6.07, 6.45) is -3.65. The molecule has 0 amide bonds. The van der Waals surface area contributed by atoms with Crippen molar-refractivity contribution in [2.45, 2.75) is 12.6 Å². The van der Waals surface area contributed by atoms with E-state index in [0.717, 1.165) is 12.1 Å². The van der Waals surface area contributed by atoms with Gasteiger partial charge in [0, 0.05) is 18.1 Å². The standard InChI is InChI=1S/C12H12F4O3/c13-10-4-9(7-17)5-11(6-10)19-3-1-2-18-8-12(14,15)16/h4-7H,1-3,8H2. The second-order valence-electron chi connectivity index (χ2n) is 3.71. The number of halogens is 4. The van der Waals surface area contributed by atoms with Crippen molar-refractivity contribution in [2.24, 2.45) is 0 Å². The predicted octanol–water partition coefficient (Wildman–Crippen LogP) is 2.99. The van der Waals surface area contributed by atoms with Crippen molar-refractivity contribution in [3.8, 4) is 5.75 Å². The number of hydrogen-bond acceptors (Lipinski definition) is 3. The van der Waals surface area contributed by atoms with Gasteiger partial charge < -0.3 is 9.47 Å². The average molecular weight is 280 g/mol. The third-order valence-corrected chi connectivity index (χ3v) is 2.00. The molecule has 19 heavy (non-hydrogen) atoms. The van der Waals surface area contributed by atoms with Gasteiger partial charge in [-0.25, -0.2) is 4.39 Å². The van der Waals surface area contributed by atoms with Gasteiger partial charge in [0.1, 0.15) is 24.5 Å². The Bertz CT molecular complexity index is 418. The number of alkyl halides is 3. The molecule has 0 bridgehead atoms. The maximum atomic E-state index is 13.0. The van der Waals surface area contributed by atoms with Gasteiger partial charge in [-0.15, -0.1) is 0 Å². The third kappa shape index (κ3) is 6.76. The molecule has 1 aromatic carbocycles. The first kappa shape index (κ1) is 15.4. The zero-order valence-corrected chi connectivity index (χ0v) is 9.87. The molecular weight excluding hydrogens is 268 g/mol. The quantitative estimate of drug-likeness (QED) is 0.437. The van der Waals surface area contributed by atoms with Gasteiger partial charge in [0.05, 0.1) is 13.2 Å². The number of rotatable bonds is 7. The van der Waals surface area contributed by atoms with Gasteiger partial charge >= 0.3 is 6.18 Å². The molecule has 0 aliphatic rings. The molecule has 106 valence electrons. The van der Waals surface area contributed by atoms with Crippen LogP contribution in [0.2, 0.25) is 0 Å². The molecule has 0 aliphatic heterocycles. The van der Waals surface area contributed by atoms with Crippen LogP contribution in [0, 0.1) is 5.82 Å². The maximum absolute atomic E-state index is 13.0. The van der Waals surface area contributed by atoms with E-state index in [0.29, 0.717) is 6.29 Å². The lowest BCUT2D eigenvalue weighted by atomic mass is 10.2. The lowest BCUT2D eigenvalue weighted by molar-refractivity contribution is -0.174. The van der Waals surface area contributed by atoms with Gasteiger partial charge in [0.2, 0.25) is 0 Å². The fourth-order valence-corrected chi connectivity index (χ4v) is 1.27. The van der Waals surface area contributed by atoms with E-state index in [1.165, 1.54) is 6.07 Å². The van der Waals surface area contributed by atoms with Crippen LogP contribution in [-0.2, 0) is 4.74 Å². The van der Waals surface area contributed by atoms with E-state index in [9.17, 15) is 22.4 Å². The Labute approximate surface area is 107 Å². The van der Waals surface area contributed by atoms with Crippen molar-refractivity contribution in [1.29, 1.82) is 0 Å². The summed E-state index contributed by atoms with van der Waals surface area (Å²) in [4.78, 5) is 10.5. The van der Waals surface area contributed by atoms with Crippen molar-refractivity contribution in [3.05, 3.63) is 29.6 Å². The Morgan fingerprint density at radius 3 is 2.53 bits per heavy atom. The summed E-state index contributed by atoms with van der Waals surface area (Å²) in [5, 5.41) is 0. The number of carbonyl (C=O) groups is 1. The lowest BCUT2D eigenvalue weighted by Crippen LogP contribution is -2.18. The van der Waals surface area contributed by atoms with Gasteiger partial charge in [-0.3, -0.25) is 4.79 Å². The second kappa shape index (κ2) is 7.08. The molecule has 0 atom stereocenters. The fraction of sp³-hybridized carbons (Fsp3) is 0.417. The van der Waals surface area contributed by atoms with Gasteiger partial charge in [0.15, 0.2) is 0 Å². The van der Waals surface area contributed by atoms with E-state index in [1.54, 1.807) is 0 Å². The van der Waals surface area contributed by atoms with Crippen LogP contribution < -0.4 is 4.74 Å². The van der Waals surface area contributed by atoms with E-state index >= 15 is 0 Å². The lowest BCUT2D eigenvalue weighted by Gasteiger charge is -2.09. The maximum Gasteiger partial charge on any atom is 0.411 e. The van der Waals surface area contributed by atoms with Crippen LogP contribution in [-0.4, -0.2) is 32.3 Å². The number of carbonyl (C=O) groups excluding carboxylic acids is 1. The van der Waals surface area contributed by atoms with Crippen LogP contribution in [0.25, 0.3) is 0 Å². The summed E-state index contributed by atoms with van der Waals surface area (Å²) < 4.78 is 57.6. The smallest absolute Gasteiger partial charge is 0.411 e. The molecule has 0 unspecified atom stereocenters. The Hall–Kier alpha value is -1.63. The summed E-state index contributed by atoms with van der Waals surface area (Å²) in [7, 11) is 0. The molecule has 0 aliphatic carbocycles. The highest BCUT2D eigenvalue weighted by Gasteiger charge is 2.27. The highest BCUT2D eigenvalue weighted by Crippen LogP contribution is 2.16. The Morgan fingerprint density at radius 1 is 1.16 bits per heavy atom. The van der Waals surface area contributed by atoms with Crippen molar-refractivity contribution in [2.75, 3.05) is 19.8 Å². The molecule has 0 aromatic heterocycles. The molecule has 0 N–H and O–H groups in total. The van der Waals surface area contributed by atoms with Crippen LogP contribution in [0.3, 0.4) is 0 Å². The van der Waals surface area contributed by atoms with Crippen molar-refractivity contribution in [3.63, 3.8) is 0 Å². The summed E-state index contributed by atoms with van der Waals surface area (Å²) in [6.45, 7) is -1.35. The molecule has 3 nitrogen and oxygen atoms in total. The zero-order valence-electron chi connectivity index (χ0n) is 9.87. The molecule has 0 radical (unpaired) electrons. The van der Waals surface area contributed by atoms with Crippen LogP contribution in [0.4, 0.5) is 17.6 Å². The molecule has 0 heterocycles. The van der Waals surface area contributed by atoms with Crippen LogP contribution in [0.1, 0.15) is 16.8 Å². The first-order valence-corrected chi connectivity index (χ1v) is 5.44. The van der Waals surface area contributed by atoms with Crippen LogP contribution in [0.15, 0.2) is 18.2 Å². The first-order valence-electron chi connectivity index (χ1n) is 5.44. The zero-order chi connectivity index (χ0) is 14.3. The van der Waals surface area contributed by atoms with E-state index < -0.39 is 18.6 Å². The number of benzene rings is 1. The average Bonchev–Trinajstić information content (AvgIpc) is 2.31. The van der Waals surface area contributed by atoms with Crippen molar-refractivity contribution in [1.82, 2.24) is 0 Å². The highest BCUT2D eigenvalue weighted by atomic mass is 19.4. The van der Waals surface area contributed by atoms with Crippen molar-refractivity contribution >= 4 is 6.29 Å². The summed E-state index contributed by atoms with van der Waals surface area (Å²) in [5.41, 5.74) is 0.128. The number of aldehydes is 1. The summed E-state index contributed by atoms with van der Waals surface area (Å²) in [5.74, 6) is -0.467. The van der Waals surface area contributed by atoms with E-state index in [1.807, 2.05) is 0 Å². The van der Waals surface area contributed by atoms with E-state index in [4.69, 9.17) is 4.74 Å². The second-order valence-corrected chi connectivity index (χ2v) is 3.71. The Morgan fingerprint density at radius 2 is 1.89 bits per heavy atom. The monoisotopic (exact) mass is 280 g/mol. The summed E-state index contributed by atoms with van der Waals surface area (Å²) in [6, 6.07) is 3.47. The van der Waals surface area contributed by atoms with Crippen LogP contribution >= 0.6 is 0 Å². The number of hydrogen-bond donors (Lipinski definition) is 0. The highest BCUT2D eigenvalue weighted by molar-refractivity contribution is 5.75. The molecule has 0 spiro atoms. The molecular formula is C12H12F4O3. The van der Waals surface area contributed by atoms with Gasteiger partial charge in [-0.05, 0) is 12.1 Å². The van der Waals surface area contributed by atoms with Gasteiger partial charge in [-0.2, -0.15) is 13.2 Å². The van der Waals surface area contributed by atoms with Crippen LogP contribution in [0.5, 0.6) is 5.75 Å². The minimum absolute atomic E-state index is 0.0691. The SMILES string of the molecule is O=Cc1cc(F)cc(OCCCOCC(F)(F)F)c1. The molecule has 0 fully saturated rings. The van der Waals surface area contributed by atoms with Crippen molar-refractivity contribution < 1.29 is 31.8 Å². The fourth-order valence-electron chi connectivity index (χ4n) is 1.27. The minimum Gasteiger partial charge on any atom is -0.493 e.